The first-order chi connectivity index (χ1) is 14.8. The summed E-state index contributed by atoms with van der Waals surface area (Å²) in [6.07, 6.45) is -0.355. The van der Waals surface area contributed by atoms with Crippen LogP contribution >= 0.6 is 0 Å². The van der Waals surface area contributed by atoms with Crippen LogP contribution in [0.3, 0.4) is 0 Å². The third-order valence-electron chi connectivity index (χ3n) is 5.94. The molecule has 0 spiro atoms. The first kappa shape index (κ1) is 22.0. The minimum atomic E-state index is -4.53. The molecular formula is C21H26F3N3O4. The van der Waals surface area contributed by atoms with Crippen molar-refractivity contribution in [1.29, 1.82) is 0 Å². The zero-order valence-corrected chi connectivity index (χ0v) is 17.4. The first-order valence-corrected chi connectivity index (χ1v) is 10.6. The normalized spacial score (nSPS) is 21.0. The van der Waals surface area contributed by atoms with Gasteiger partial charge in [0.25, 0.3) is 5.71 Å². The van der Waals surface area contributed by atoms with E-state index in [1.807, 2.05) is 0 Å². The Balaban J connectivity index is 1.36. The highest BCUT2D eigenvalue weighted by atomic mass is 19.4. The lowest BCUT2D eigenvalue weighted by molar-refractivity contribution is -0.139. The highest BCUT2D eigenvalue weighted by molar-refractivity contribution is 5.82. The minimum Gasteiger partial charge on any atom is -0.376 e. The number of fused-ring (bicyclic) bond motifs is 1. The van der Waals surface area contributed by atoms with Crippen LogP contribution in [0.2, 0.25) is 0 Å². The number of carbonyl (C=O) groups is 1. The number of nitrogens with zero attached hydrogens (tertiary/aromatic N) is 3. The summed E-state index contributed by atoms with van der Waals surface area (Å²) >= 11 is 0. The Hall–Kier alpha value is -2.20. The Kier molecular flexibility index (Phi) is 6.47. The summed E-state index contributed by atoms with van der Waals surface area (Å²) < 4.78 is 57.0. The van der Waals surface area contributed by atoms with E-state index in [4.69, 9.17) is 14.0 Å². The van der Waals surface area contributed by atoms with Crippen molar-refractivity contribution in [2.24, 2.45) is 0 Å². The fraction of sp³-hybridized carbons (Fsp3) is 0.667. The number of rotatable bonds is 5. The number of aryl methyl sites for hydroxylation is 1. The third kappa shape index (κ3) is 5.01. The highest BCUT2D eigenvalue weighted by Gasteiger charge is 2.37. The smallest absolute Gasteiger partial charge is 0.376 e. The number of ether oxygens (including phenoxy) is 2. The first-order valence-electron chi connectivity index (χ1n) is 10.6. The number of amides is 1. The van der Waals surface area contributed by atoms with Crippen LogP contribution in [0.1, 0.15) is 55.0 Å². The number of likely N-dealkylation sites (tertiary alicyclic amines) is 1. The lowest BCUT2D eigenvalue weighted by Crippen LogP contribution is -2.40. The number of halogens is 3. The van der Waals surface area contributed by atoms with Gasteiger partial charge in [0, 0.05) is 31.3 Å². The zero-order valence-electron chi connectivity index (χ0n) is 17.4. The Morgan fingerprint density at radius 2 is 2.03 bits per heavy atom. The number of aromatic nitrogens is 2. The van der Waals surface area contributed by atoms with Crippen molar-refractivity contribution in [3.05, 3.63) is 23.0 Å². The molecule has 10 heteroatoms. The average molecular weight is 441 g/mol. The molecule has 170 valence electrons. The second-order valence-electron chi connectivity index (χ2n) is 8.22. The largest absolute Gasteiger partial charge is 0.417 e. The summed E-state index contributed by atoms with van der Waals surface area (Å²) in [4.78, 5) is 18.2. The van der Waals surface area contributed by atoms with Crippen LogP contribution in [-0.2, 0) is 20.4 Å². The molecule has 1 atom stereocenters. The van der Waals surface area contributed by atoms with E-state index >= 15 is 0 Å². The zero-order chi connectivity index (χ0) is 22.0. The van der Waals surface area contributed by atoms with Gasteiger partial charge in [0.2, 0.25) is 5.91 Å². The Morgan fingerprint density at radius 1 is 1.26 bits per heavy atom. The molecule has 0 bridgehead atoms. The van der Waals surface area contributed by atoms with Crippen LogP contribution in [0.5, 0.6) is 0 Å². The molecule has 0 N–H and O–H groups in total. The van der Waals surface area contributed by atoms with Gasteiger partial charge in [0.05, 0.1) is 29.4 Å². The van der Waals surface area contributed by atoms with E-state index in [1.54, 1.807) is 4.90 Å². The monoisotopic (exact) mass is 441 g/mol. The Bertz CT molecular complexity index is 916. The van der Waals surface area contributed by atoms with Crippen LogP contribution < -0.4 is 0 Å². The summed E-state index contributed by atoms with van der Waals surface area (Å²) in [5.41, 5.74) is -0.378. The summed E-state index contributed by atoms with van der Waals surface area (Å²) in [5, 5.41) is 3.86. The maximum Gasteiger partial charge on any atom is 0.417 e. The quantitative estimate of drug-likeness (QED) is 0.702. The van der Waals surface area contributed by atoms with Crippen molar-refractivity contribution in [1.82, 2.24) is 15.0 Å². The van der Waals surface area contributed by atoms with Gasteiger partial charge in [-0.3, -0.25) is 4.79 Å². The molecule has 2 fully saturated rings. The molecule has 0 saturated carbocycles. The van der Waals surface area contributed by atoms with Gasteiger partial charge in [-0.05, 0) is 45.1 Å². The second-order valence-corrected chi connectivity index (χ2v) is 8.22. The molecule has 1 amide bonds. The van der Waals surface area contributed by atoms with Gasteiger partial charge in [-0.25, -0.2) is 4.98 Å². The summed E-state index contributed by atoms with van der Waals surface area (Å²) in [6.45, 7) is 3.48. The van der Waals surface area contributed by atoms with Gasteiger partial charge >= 0.3 is 6.18 Å². The molecule has 4 heterocycles. The predicted octanol–water partition coefficient (Wildman–Crippen LogP) is 3.84. The number of carbonyl (C=O) groups excluding carboxylic acids is 1. The third-order valence-corrected chi connectivity index (χ3v) is 5.94. The van der Waals surface area contributed by atoms with Crippen molar-refractivity contribution in [3.8, 4) is 0 Å². The lowest BCUT2D eigenvalue weighted by atomic mass is 9.90. The molecule has 2 aliphatic heterocycles. The van der Waals surface area contributed by atoms with Crippen molar-refractivity contribution in [2.45, 2.75) is 57.2 Å². The number of hydrogen-bond donors (Lipinski definition) is 0. The second kappa shape index (κ2) is 9.12. The fourth-order valence-electron chi connectivity index (χ4n) is 4.31. The molecule has 31 heavy (non-hydrogen) atoms. The van der Waals surface area contributed by atoms with Gasteiger partial charge < -0.3 is 18.9 Å². The summed E-state index contributed by atoms with van der Waals surface area (Å²) in [5.74, 6) is -0.347. The molecule has 0 aliphatic carbocycles. The number of hydrogen-bond acceptors (Lipinski definition) is 6. The van der Waals surface area contributed by atoms with Gasteiger partial charge in [-0.15, -0.1) is 0 Å². The Morgan fingerprint density at radius 3 is 2.71 bits per heavy atom. The molecule has 2 aromatic heterocycles. The van der Waals surface area contributed by atoms with E-state index < -0.39 is 11.7 Å². The van der Waals surface area contributed by atoms with Crippen LogP contribution in [-0.4, -0.2) is 60.0 Å². The van der Waals surface area contributed by atoms with Gasteiger partial charge in [0.1, 0.15) is 6.61 Å². The van der Waals surface area contributed by atoms with Gasteiger partial charge in [0.15, 0.2) is 0 Å². The summed E-state index contributed by atoms with van der Waals surface area (Å²) in [7, 11) is 0. The van der Waals surface area contributed by atoms with E-state index in [9.17, 15) is 18.0 Å². The molecule has 7 nitrogen and oxygen atoms in total. The van der Waals surface area contributed by atoms with E-state index in [1.165, 1.54) is 6.92 Å². The fourth-order valence-corrected chi connectivity index (χ4v) is 4.31. The average Bonchev–Trinajstić information content (AvgIpc) is 3.17. The predicted molar refractivity (Wildman–Crippen MR) is 105 cm³/mol. The van der Waals surface area contributed by atoms with Crippen LogP contribution in [0.15, 0.2) is 10.6 Å². The van der Waals surface area contributed by atoms with Crippen LogP contribution in [0.25, 0.3) is 11.1 Å². The maximum atomic E-state index is 13.6. The molecule has 4 rings (SSSR count). The van der Waals surface area contributed by atoms with Gasteiger partial charge in [-0.2, -0.15) is 13.2 Å². The summed E-state index contributed by atoms with van der Waals surface area (Å²) in [6, 6.07) is 1.02. The molecular weight excluding hydrogens is 415 g/mol. The van der Waals surface area contributed by atoms with Crippen molar-refractivity contribution >= 4 is 17.0 Å². The van der Waals surface area contributed by atoms with E-state index in [0.717, 1.165) is 31.9 Å². The Labute approximate surface area is 177 Å². The van der Waals surface area contributed by atoms with Crippen LogP contribution in [0, 0.1) is 6.92 Å². The molecule has 2 saturated heterocycles. The van der Waals surface area contributed by atoms with E-state index in [2.05, 4.69) is 10.1 Å². The SMILES string of the molecule is Cc1cc(C(F)(F)F)c2c(C3CCN(C(=O)COCC4CCCCO4)CC3)noc2n1. The minimum absolute atomic E-state index is 0.0150. The highest BCUT2D eigenvalue weighted by Crippen LogP contribution is 2.40. The molecule has 2 aliphatic rings. The molecule has 1 unspecified atom stereocenters. The van der Waals surface area contributed by atoms with Crippen molar-refractivity contribution in [2.75, 3.05) is 32.9 Å². The van der Waals surface area contributed by atoms with Crippen LogP contribution in [0.4, 0.5) is 13.2 Å². The molecule has 2 aromatic rings. The topological polar surface area (TPSA) is 77.7 Å². The van der Waals surface area contributed by atoms with Crippen molar-refractivity contribution < 1.29 is 32.0 Å². The molecule has 0 aromatic carbocycles. The van der Waals surface area contributed by atoms with E-state index in [0.29, 0.717) is 32.5 Å². The maximum absolute atomic E-state index is 13.6. The standard InChI is InChI=1S/C21H26F3N3O4/c1-13-10-16(21(22,23)24)18-19(26-31-20(18)25-13)14-5-7-27(8-6-14)17(28)12-29-11-15-4-2-3-9-30-15/h10,14-15H,2-9,11-12H2,1H3. The number of alkyl halides is 3. The van der Waals surface area contributed by atoms with Gasteiger partial charge in [-0.1, -0.05) is 5.16 Å². The lowest BCUT2D eigenvalue weighted by Gasteiger charge is -2.31. The van der Waals surface area contributed by atoms with E-state index in [-0.39, 0.29) is 47.0 Å². The molecule has 0 radical (unpaired) electrons. The number of piperidine rings is 1. The van der Waals surface area contributed by atoms with Crippen molar-refractivity contribution in [3.63, 3.8) is 0 Å². The number of pyridine rings is 1.